The minimum atomic E-state index is -0.695. The van der Waals surface area contributed by atoms with E-state index in [4.69, 9.17) is 14.7 Å². The second kappa shape index (κ2) is 15.1. The number of H-pyrrole nitrogens is 1. The number of benzene rings is 2. The number of nitrogens with zero attached hydrogens (tertiary/aromatic N) is 4. The van der Waals surface area contributed by atoms with Crippen LogP contribution in [0.4, 0.5) is 4.79 Å². The number of hydrogen-bond donors (Lipinski definition) is 2. The van der Waals surface area contributed by atoms with E-state index in [9.17, 15) is 14.4 Å². The van der Waals surface area contributed by atoms with Crippen LogP contribution in [0.1, 0.15) is 102 Å². The maximum Gasteiger partial charge on any atom is 0.407 e. The summed E-state index contributed by atoms with van der Waals surface area (Å²) in [6, 6.07) is 13.4. The normalized spacial score (nSPS) is 21.4. The summed E-state index contributed by atoms with van der Waals surface area (Å²) in [5, 5.41) is 2.72. The number of aromatic nitrogens is 2. The van der Waals surface area contributed by atoms with Crippen LogP contribution in [0.3, 0.4) is 0 Å². The zero-order valence-electron chi connectivity index (χ0n) is 30.8. The van der Waals surface area contributed by atoms with E-state index in [1.54, 1.807) is 0 Å². The van der Waals surface area contributed by atoms with E-state index in [1.165, 1.54) is 7.11 Å². The number of aromatic amines is 1. The summed E-state index contributed by atoms with van der Waals surface area (Å²) in [6.07, 6.45) is 5.72. The van der Waals surface area contributed by atoms with Crippen LogP contribution in [0.2, 0.25) is 0 Å². The highest BCUT2D eigenvalue weighted by molar-refractivity contribution is 6.03. The summed E-state index contributed by atoms with van der Waals surface area (Å²) in [5.74, 6) is 7.65. The Balaban J connectivity index is 1.11. The Kier molecular flexibility index (Phi) is 10.7. The van der Waals surface area contributed by atoms with Gasteiger partial charge < -0.3 is 24.8 Å². The molecule has 10 heteroatoms. The fourth-order valence-corrected chi connectivity index (χ4v) is 7.41. The van der Waals surface area contributed by atoms with Crippen LogP contribution in [-0.4, -0.2) is 75.2 Å². The Morgan fingerprint density at radius 2 is 1.65 bits per heavy atom. The molecule has 3 aliphatic rings. The molecule has 4 heterocycles. The molecule has 51 heavy (non-hydrogen) atoms. The molecule has 5 atom stereocenters. The van der Waals surface area contributed by atoms with Crippen molar-refractivity contribution in [3.05, 3.63) is 71.2 Å². The summed E-state index contributed by atoms with van der Waals surface area (Å²) in [4.78, 5) is 55.9. The minimum Gasteiger partial charge on any atom is -0.453 e. The number of aliphatic imine (C=N–C) groups is 1. The van der Waals surface area contributed by atoms with Gasteiger partial charge in [0.15, 0.2) is 0 Å². The lowest BCUT2D eigenvalue weighted by Gasteiger charge is -2.32. The van der Waals surface area contributed by atoms with Crippen LogP contribution in [0.15, 0.2) is 53.7 Å². The molecular weight excluding hydrogens is 640 g/mol. The average Bonchev–Trinajstić information content (AvgIpc) is 3.94. The molecule has 0 radical (unpaired) electrons. The lowest BCUT2D eigenvalue weighted by atomic mass is 9.94. The monoisotopic (exact) mass is 690 g/mol. The Morgan fingerprint density at radius 3 is 2.35 bits per heavy atom. The van der Waals surface area contributed by atoms with Crippen molar-refractivity contribution in [1.29, 1.82) is 0 Å². The molecule has 1 aromatic heterocycles. The van der Waals surface area contributed by atoms with Gasteiger partial charge in [-0.2, -0.15) is 0 Å². The molecule has 0 unspecified atom stereocenters. The highest BCUT2D eigenvalue weighted by atomic mass is 16.5. The van der Waals surface area contributed by atoms with E-state index < -0.39 is 12.1 Å². The number of carbonyl (C=O) groups is 3. The van der Waals surface area contributed by atoms with Gasteiger partial charge in [0.05, 0.1) is 30.2 Å². The maximum absolute atomic E-state index is 13.7. The van der Waals surface area contributed by atoms with Gasteiger partial charge in [-0.05, 0) is 85.9 Å². The van der Waals surface area contributed by atoms with Crippen molar-refractivity contribution in [1.82, 2.24) is 25.1 Å². The summed E-state index contributed by atoms with van der Waals surface area (Å²) >= 11 is 0. The highest BCUT2D eigenvalue weighted by Gasteiger charge is 2.41. The average molecular weight is 691 g/mol. The van der Waals surface area contributed by atoms with E-state index in [1.807, 2.05) is 69.1 Å². The van der Waals surface area contributed by atoms with Crippen LogP contribution in [0.25, 0.3) is 16.6 Å². The molecule has 3 amide bonds. The lowest BCUT2D eigenvalue weighted by Crippen LogP contribution is -2.52. The van der Waals surface area contributed by atoms with Gasteiger partial charge in [-0.1, -0.05) is 58.6 Å². The number of imidazole rings is 1. The molecular formula is C41H50N6O4. The third-order valence-corrected chi connectivity index (χ3v) is 10.8. The number of fused-ring (bicyclic) bond motifs is 1. The van der Waals surface area contributed by atoms with Gasteiger partial charge in [0.25, 0.3) is 0 Å². The molecule has 2 aromatic carbocycles. The van der Waals surface area contributed by atoms with Crippen molar-refractivity contribution in [2.45, 2.75) is 97.8 Å². The van der Waals surface area contributed by atoms with Crippen LogP contribution >= 0.6 is 0 Å². The maximum atomic E-state index is 13.7. The number of carbonyl (C=O) groups excluding carboxylic acids is 3. The van der Waals surface area contributed by atoms with E-state index in [-0.39, 0.29) is 41.8 Å². The first kappa shape index (κ1) is 35.9. The molecule has 0 aliphatic carbocycles. The molecule has 6 rings (SSSR count). The van der Waals surface area contributed by atoms with Crippen LogP contribution in [0, 0.1) is 29.6 Å². The topological polar surface area (TPSA) is 120 Å². The fourth-order valence-electron chi connectivity index (χ4n) is 7.41. The van der Waals surface area contributed by atoms with Gasteiger partial charge in [-0.3, -0.25) is 14.6 Å². The van der Waals surface area contributed by atoms with Crippen molar-refractivity contribution in [3.63, 3.8) is 0 Å². The third-order valence-electron chi connectivity index (χ3n) is 10.8. The predicted molar refractivity (Wildman–Crippen MR) is 200 cm³/mol. The Morgan fingerprint density at radius 1 is 0.922 bits per heavy atom. The number of alkyl carbamates (subject to hydrolysis) is 1. The van der Waals surface area contributed by atoms with Crippen LogP contribution < -0.4 is 5.32 Å². The molecule has 3 aliphatic heterocycles. The number of allylic oxidation sites excluding steroid dienone is 1. The zero-order valence-corrected chi connectivity index (χ0v) is 30.8. The molecule has 0 spiro atoms. The number of hydrogen-bond acceptors (Lipinski definition) is 6. The molecule has 2 saturated heterocycles. The van der Waals surface area contributed by atoms with Gasteiger partial charge in [-0.15, -0.1) is 0 Å². The Bertz CT molecular complexity index is 1910. The summed E-state index contributed by atoms with van der Waals surface area (Å²) in [7, 11) is 1.30. The second-order valence-corrected chi connectivity index (χ2v) is 14.9. The highest BCUT2D eigenvalue weighted by Crippen LogP contribution is 2.37. The van der Waals surface area contributed by atoms with E-state index in [0.29, 0.717) is 5.92 Å². The smallest absolute Gasteiger partial charge is 0.407 e. The first-order chi connectivity index (χ1) is 24.4. The van der Waals surface area contributed by atoms with Gasteiger partial charge >= 0.3 is 6.09 Å². The molecule has 10 nitrogen and oxygen atoms in total. The third kappa shape index (κ3) is 7.58. The van der Waals surface area contributed by atoms with Crippen LogP contribution in [0.5, 0.6) is 0 Å². The predicted octanol–water partition coefficient (Wildman–Crippen LogP) is 6.86. The summed E-state index contributed by atoms with van der Waals surface area (Å²) in [5.41, 5.74) is 6.81. The molecule has 2 fully saturated rings. The number of amides is 3. The van der Waals surface area contributed by atoms with Crippen molar-refractivity contribution in [2.75, 3.05) is 13.7 Å². The van der Waals surface area contributed by atoms with E-state index in [0.717, 1.165) is 83.5 Å². The quantitative estimate of drug-likeness (QED) is 0.250. The SMILES string of the molecule is COC(=O)N[C@H](C(=O)N1[C@@H](C)CC[C@H]1c1nc2ccc(C#Cc3ccc(C4=CN=C([C@@H]5CCCN5C(=O)[C@@H](C)C(C)C)C4)cc3)cc2[nH]1)C(C)C. The Labute approximate surface area is 301 Å². The number of nitrogens with one attached hydrogen (secondary N) is 2. The number of likely N-dealkylation sites (tertiary alicyclic amines) is 2. The van der Waals surface area contributed by atoms with Gasteiger partial charge in [0, 0.05) is 48.0 Å². The summed E-state index contributed by atoms with van der Waals surface area (Å²) < 4.78 is 4.78. The lowest BCUT2D eigenvalue weighted by molar-refractivity contribution is -0.137. The Hall–Kier alpha value is -4.91. The van der Waals surface area contributed by atoms with Crippen LogP contribution in [-0.2, 0) is 14.3 Å². The fraction of sp³-hybridized carbons (Fsp3) is 0.488. The van der Waals surface area contributed by atoms with Crippen molar-refractivity contribution in [3.8, 4) is 11.8 Å². The molecule has 2 N–H and O–H groups in total. The number of ether oxygens (including phenoxy) is 1. The van der Waals surface area contributed by atoms with Crippen molar-refractivity contribution >= 4 is 40.2 Å². The molecule has 268 valence electrons. The molecule has 0 saturated carbocycles. The standard InChI is InChI=1S/C41H50N6O4/c1-24(2)27(6)39(48)46-20-8-9-35(46)34-22-31(23-42-34)30-16-13-28(14-17-30)11-12-29-15-18-32-33(21-29)44-38(43-32)36-19-10-26(5)47(36)40(49)37(25(3)4)45-41(50)51-7/h13-18,21,23-27,35-37H,8-10,19-20,22H2,1-7H3,(H,43,44)(H,45,50)/t26-,27-,35-,36-,37-/m0/s1. The van der Waals surface area contributed by atoms with Crippen molar-refractivity contribution < 1.29 is 19.1 Å². The van der Waals surface area contributed by atoms with E-state index in [2.05, 4.69) is 53.0 Å². The largest absolute Gasteiger partial charge is 0.453 e. The second-order valence-electron chi connectivity index (χ2n) is 14.9. The number of rotatable bonds is 8. The zero-order chi connectivity index (χ0) is 36.4. The van der Waals surface area contributed by atoms with Gasteiger partial charge in [0.2, 0.25) is 11.8 Å². The number of methoxy groups -OCH3 is 1. The van der Waals surface area contributed by atoms with Crippen molar-refractivity contribution in [2.24, 2.45) is 22.7 Å². The van der Waals surface area contributed by atoms with Gasteiger partial charge in [0.1, 0.15) is 11.9 Å². The molecule has 0 bridgehead atoms. The minimum absolute atomic E-state index is 0.00979. The summed E-state index contributed by atoms with van der Waals surface area (Å²) in [6.45, 7) is 12.9. The van der Waals surface area contributed by atoms with E-state index >= 15 is 0 Å². The molecule has 3 aromatic rings. The van der Waals surface area contributed by atoms with Gasteiger partial charge in [-0.25, -0.2) is 9.78 Å². The first-order valence-electron chi connectivity index (χ1n) is 18.3. The first-order valence-corrected chi connectivity index (χ1v) is 18.3.